The highest BCUT2D eigenvalue weighted by atomic mass is 35.5. The van der Waals surface area contributed by atoms with Gasteiger partial charge < -0.3 is 10.6 Å². The third kappa shape index (κ3) is 2.63. The van der Waals surface area contributed by atoms with Crippen molar-refractivity contribution in [3.05, 3.63) is 28.8 Å². The highest BCUT2D eigenvalue weighted by molar-refractivity contribution is 6.33. The summed E-state index contributed by atoms with van der Waals surface area (Å²) in [7, 11) is 0. The molecule has 80 valence electrons. The van der Waals surface area contributed by atoms with Crippen molar-refractivity contribution in [1.29, 1.82) is 0 Å². The van der Waals surface area contributed by atoms with E-state index in [1.54, 1.807) is 6.07 Å². The average Bonchev–Trinajstić information content (AvgIpc) is 2.95. The Kier molecular flexibility index (Phi) is 2.82. The third-order valence-electron chi connectivity index (χ3n) is 2.37. The number of anilines is 1. The van der Waals surface area contributed by atoms with Crippen molar-refractivity contribution in [2.24, 2.45) is 0 Å². The van der Waals surface area contributed by atoms with Gasteiger partial charge in [-0.2, -0.15) is 0 Å². The number of halogens is 1. The minimum Gasteiger partial charge on any atom is -0.335 e. The molecule has 1 aromatic carbocycles. The second-order valence-electron chi connectivity index (χ2n) is 3.80. The van der Waals surface area contributed by atoms with Gasteiger partial charge >= 0.3 is 6.03 Å². The van der Waals surface area contributed by atoms with Gasteiger partial charge in [-0.05, 0) is 31.4 Å². The molecule has 4 heteroatoms. The molecule has 0 radical (unpaired) electrons. The van der Waals surface area contributed by atoms with Crippen LogP contribution in [0.3, 0.4) is 0 Å². The van der Waals surface area contributed by atoms with Gasteiger partial charge in [0.2, 0.25) is 0 Å². The number of nitrogens with one attached hydrogen (secondary N) is 2. The summed E-state index contributed by atoms with van der Waals surface area (Å²) in [5.41, 5.74) is 1.66. The molecule has 15 heavy (non-hydrogen) atoms. The zero-order chi connectivity index (χ0) is 10.8. The maximum Gasteiger partial charge on any atom is 0.319 e. The Morgan fingerprint density at radius 2 is 2.20 bits per heavy atom. The molecule has 2 N–H and O–H groups in total. The average molecular weight is 225 g/mol. The van der Waals surface area contributed by atoms with Gasteiger partial charge in [0.1, 0.15) is 0 Å². The molecule has 0 saturated heterocycles. The normalized spacial score (nSPS) is 14.8. The van der Waals surface area contributed by atoms with Crippen LogP contribution in [0.4, 0.5) is 10.5 Å². The molecule has 0 aliphatic heterocycles. The molecule has 0 spiro atoms. The molecule has 0 atom stereocenters. The van der Waals surface area contributed by atoms with Gasteiger partial charge in [-0.1, -0.05) is 23.7 Å². The summed E-state index contributed by atoms with van der Waals surface area (Å²) in [5.74, 6) is 0. The Morgan fingerprint density at radius 1 is 1.47 bits per heavy atom. The van der Waals surface area contributed by atoms with E-state index in [0.29, 0.717) is 16.8 Å². The van der Waals surface area contributed by atoms with Crippen LogP contribution in [-0.2, 0) is 0 Å². The standard InChI is InChI=1S/C11H13ClN2O/c1-7-3-2-4-9(12)10(7)14-11(15)13-8-5-6-8/h2-4,8H,5-6H2,1H3,(H2,13,14,15). The lowest BCUT2D eigenvalue weighted by atomic mass is 10.2. The van der Waals surface area contributed by atoms with E-state index in [1.807, 2.05) is 19.1 Å². The summed E-state index contributed by atoms with van der Waals surface area (Å²) in [6, 6.07) is 5.73. The maximum atomic E-state index is 11.5. The summed E-state index contributed by atoms with van der Waals surface area (Å²) in [6.07, 6.45) is 2.16. The number of amides is 2. The molecule has 1 saturated carbocycles. The van der Waals surface area contributed by atoms with E-state index < -0.39 is 0 Å². The van der Waals surface area contributed by atoms with Gasteiger partial charge in [-0.15, -0.1) is 0 Å². The molecule has 0 aromatic heterocycles. The van der Waals surface area contributed by atoms with Crippen LogP contribution in [0.1, 0.15) is 18.4 Å². The summed E-state index contributed by atoms with van der Waals surface area (Å²) in [4.78, 5) is 11.5. The molecule has 1 aliphatic carbocycles. The smallest absolute Gasteiger partial charge is 0.319 e. The summed E-state index contributed by atoms with van der Waals surface area (Å²) >= 11 is 5.98. The van der Waals surface area contributed by atoms with E-state index in [9.17, 15) is 4.79 Å². The number of para-hydroxylation sites is 1. The molecule has 2 rings (SSSR count). The summed E-state index contributed by atoms with van der Waals surface area (Å²) < 4.78 is 0. The highest BCUT2D eigenvalue weighted by Gasteiger charge is 2.23. The third-order valence-corrected chi connectivity index (χ3v) is 2.69. The molecular weight excluding hydrogens is 212 g/mol. The highest BCUT2D eigenvalue weighted by Crippen LogP contribution is 2.25. The second-order valence-corrected chi connectivity index (χ2v) is 4.21. The molecule has 2 amide bonds. The van der Waals surface area contributed by atoms with Crippen LogP contribution >= 0.6 is 11.6 Å². The van der Waals surface area contributed by atoms with Crippen molar-refractivity contribution in [2.45, 2.75) is 25.8 Å². The van der Waals surface area contributed by atoms with Crippen molar-refractivity contribution in [3.8, 4) is 0 Å². The van der Waals surface area contributed by atoms with Crippen LogP contribution in [0, 0.1) is 6.92 Å². The molecule has 0 unspecified atom stereocenters. The fourth-order valence-corrected chi connectivity index (χ4v) is 1.62. The Bertz CT molecular complexity index is 368. The Morgan fingerprint density at radius 3 is 2.80 bits per heavy atom. The Balaban J connectivity index is 2.05. The van der Waals surface area contributed by atoms with Gasteiger partial charge in [0.05, 0.1) is 10.7 Å². The fourth-order valence-electron chi connectivity index (χ4n) is 1.35. The summed E-state index contributed by atoms with van der Waals surface area (Å²) in [6.45, 7) is 1.92. The summed E-state index contributed by atoms with van der Waals surface area (Å²) in [5, 5.41) is 6.19. The minimum absolute atomic E-state index is 0.172. The van der Waals surface area contributed by atoms with E-state index in [-0.39, 0.29) is 6.03 Å². The first-order valence-corrected chi connectivity index (χ1v) is 5.37. The number of rotatable bonds is 2. The van der Waals surface area contributed by atoms with Crippen molar-refractivity contribution in [3.63, 3.8) is 0 Å². The monoisotopic (exact) mass is 224 g/mol. The maximum absolute atomic E-state index is 11.5. The number of carbonyl (C=O) groups is 1. The topological polar surface area (TPSA) is 41.1 Å². The lowest BCUT2D eigenvalue weighted by Gasteiger charge is -2.10. The van der Waals surface area contributed by atoms with Gasteiger partial charge in [0.25, 0.3) is 0 Å². The van der Waals surface area contributed by atoms with Gasteiger partial charge in [-0.25, -0.2) is 4.79 Å². The Hall–Kier alpha value is -1.22. The molecule has 1 fully saturated rings. The molecular formula is C11H13ClN2O. The van der Waals surface area contributed by atoms with E-state index >= 15 is 0 Å². The van der Waals surface area contributed by atoms with E-state index in [1.165, 1.54) is 0 Å². The van der Waals surface area contributed by atoms with Gasteiger partial charge in [0, 0.05) is 6.04 Å². The largest absolute Gasteiger partial charge is 0.335 e. The number of urea groups is 1. The van der Waals surface area contributed by atoms with Crippen molar-refractivity contribution < 1.29 is 4.79 Å². The van der Waals surface area contributed by atoms with Gasteiger partial charge in [0.15, 0.2) is 0 Å². The number of aryl methyl sites for hydroxylation is 1. The van der Waals surface area contributed by atoms with Crippen LogP contribution in [0.25, 0.3) is 0 Å². The number of benzene rings is 1. The Labute approximate surface area is 93.8 Å². The molecule has 0 heterocycles. The van der Waals surface area contributed by atoms with Crippen molar-refractivity contribution in [1.82, 2.24) is 5.32 Å². The van der Waals surface area contributed by atoms with Crippen LogP contribution in [0.15, 0.2) is 18.2 Å². The zero-order valence-electron chi connectivity index (χ0n) is 8.51. The lowest BCUT2D eigenvalue weighted by Crippen LogP contribution is -2.30. The second kappa shape index (κ2) is 4.11. The van der Waals surface area contributed by atoms with Crippen LogP contribution in [0.2, 0.25) is 5.02 Å². The number of hydrogen-bond acceptors (Lipinski definition) is 1. The molecule has 1 aliphatic rings. The predicted octanol–water partition coefficient (Wildman–Crippen LogP) is 2.93. The first-order valence-electron chi connectivity index (χ1n) is 4.99. The minimum atomic E-state index is -0.172. The SMILES string of the molecule is Cc1cccc(Cl)c1NC(=O)NC1CC1. The first-order chi connectivity index (χ1) is 7.16. The van der Waals surface area contributed by atoms with Crippen LogP contribution < -0.4 is 10.6 Å². The molecule has 1 aromatic rings. The van der Waals surface area contributed by atoms with E-state index in [2.05, 4.69) is 10.6 Å². The first kappa shape index (κ1) is 10.3. The molecule has 3 nitrogen and oxygen atoms in total. The van der Waals surface area contributed by atoms with E-state index in [4.69, 9.17) is 11.6 Å². The quantitative estimate of drug-likeness (QED) is 0.797. The van der Waals surface area contributed by atoms with E-state index in [0.717, 1.165) is 18.4 Å². The number of hydrogen-bond donors (Lipinski definition) is 2. The predicted molar refractivity (Wildman–Crippen MR) is 61.4 cm³/mol. The van der Waals surface area contributed by atoms with Crippen molar-refractivity contribution in [2.75, 3.05) is 5.32 Å². The van der Waals surface area contributed by atoms with Crippen molar-refractivity contribution >= 4 is 23.3 Å². The van der Waals surface area contributed by atoms with Crippen LogP contribution in [0.5, 0.6) is 0 Å². The van der Waals surface area contributed by atoms with Crippen LogP contribution in [-0.4, -0.2) is 12.1 Å². The number of carbonyl (C=O) groups excluding carboxylic acids is 1. The van der Waals surface area contributed by atoms with Gasteiger partial charge in [-0.3, -0.25) is 0 Å². The molecule has 0 bridgehead atoms. The zero-order valence-corrected chi connectivity index (χ0v) is 9.27. The fraction of sp³-hybridized carbons (Fsp3) is 0.364. The lowest BCUT2D eigenvalue weighted by molar-refractivity contribution is 0.251.